The number of ether oxygens (including phenoxy) is 3. The smallest absolute Gasteiger partial charge is 0.329 e. The summed E-state index contributed by atoms with van der Waals surface area (Å²) >= 11 is 0. The maximum atomic E-state index is 14.9. The zero-order valence-corrected chi connectivity index (χ0v) is 48.1. The van der Waals surface area contributed by atoms with E-state index in [0.717, 1.165) is 0 Å². The number of Topliss-reactive ketones (excluding diaryl/α,β-unsaturated/α-hetero) is 1. The zero-order chi connectivity index (χ0) is 58.6. The van der Waals surface area contributed by atoms with E-state index in [-0.39, 0.29) is 57.0 Å². The van der Waals surface area contributed by atoms with E-state index < -0.39 is 150 Å². The highest BCUT2D eigenvalue weighted by Gasteiger charge is 2.46. The first-order chi connectivity index (χ1) is 36.5. The molecule has 0 saturated carbocycles. The van der Waals surface area contributed by atoms with Crippen molar-refractivity contribution in [3.63, 3.8) is 0 Å². The van der Waals surface area contributed by atoms with Gasteiger partial charge in [0.25, 0.3) is 5.91 Å². The molecule has 0 spiro atoms. The Balaban J connectivity index is 1.87. The van der Waals surface area contributed by atoms with Crippen LogP contribution in [0.4, 0.5) is 0 Å². The number of amides is 7. The number of likely N-dealkylation sites (tertiary alicyclic amines) is 1. The molecule has 4 rings (SSSR count). The van der Waals surface area contributed by atoms with E-state index in [2.05, 4.69) is 16.0 Å². The maximum Gasteiger partial charge on any atom is 0.329 e. The van der Waals surface area contributed by atoms with Crippen LogP contribution in [0, 0.1) is 29.6 Å². The summed E-state index contributed by atoms with van der Waals surface area (Å²) in [6, 6.07) is -2.21. The first-order valence-electron chi connectivity index (χ1n) is 27.5. The summed E-state index contributed by atoms with van der Waals surface area (Å²) in [5.74, 6) is -10.3. The number of hydrogen-bond donors (Lipinski definition) is 5. The van der Waals surface area contributed by atoms with Crippen molar-refractivity contribution in [2.45, 2.75) is 194 Å². The van der Waals surface area contributed by atoms with Gasteiger partial charge >= 0.3 is 11.9 Å². The third-order valence-electron chi connectivity index (χ3n) is 14.9. The van der Waals surface area contributed by atoms with Gasteiger partial charge in [0, 0.05) is 33.6 Å². The number of aliphatic hydroxyl groups is 2. The average Bonchev–Trinajstić information content (AvgIpc) is 4.08. The number of ketones is 1. The van der Waals surface area contributed by atoms with Crippen LogP contribution in [0.5, 0.6) is 5.75 Å². The molecule has 0 bridgehead atoms. The van der Waals surface area contributed by atoms with Gasteiger partial charge in [0.2, 0.25) is 35.4 Å². The van der Waals surface area contributed by atoms with Crippen molar-refractivity contribution >= 4 is 59.1 Å². The van der Waals surface area contributed by atoms with Crippen molar-refractivity contribution in [1.82, 2.24) is 35.6 Å². The Bertz CT molecular complexity index is 2310. The number of benzene rings is 1. The molecule has 3 fully saturated rings. The number of likely N-dealkylation sites (N-methyl/N-ethyl adjacent to an activating group) is 2. The van der Waals surface area contributed by atoms with Gasteiger partial charge in [0.05, 0.1) is 31.6 Å². The fourth-order valence-electron chi connectivity index (χ4n) is 10.4. The third-order valence-corrected chi connectivity index (χ3v) is 14.9. The van der Waals surface area contributed by atoms with Crippen molar-refractivity contribution in [3.05, 3.63) is 29.8 Å². The molecule has 0 aliphatic carbocycles. The number of methoxy groups -OCH3 is 1. The lowest BCUT2D eigenvalue weighted by Gasteiger charge is -2.36. The van der Waals surface area contributed by atoms with Crippen molar-refractivity contribution < 1.29 is 72.4 Å². The van der Waals surface area contributed by atoms with Crippen molar-refractivity contribution in [2.24, 2.45) is 29.6 Å². The summed E-state index contributed by atoms with van der Waals surface area (Å²) < 4.78 is 17.2. The number of nitrogens with zero attached hydrogens (tertiary/aromatic N) is 4. The molecular weight excluding hydrogens is 1010 g/mol. The van der Waals surface area contributed by atoms with Crippen LogP contribution >= 0.6 is 0 Å². The van der Waals surface area contributed by atoms with Crippen molar-refractivity contribution in [3.8, 4) is 5.75 Å². The molecular formula is C56H87N7O15. The lowest BCUT2D eigenvalue weighted by molar-refractivity contribution is -0.163. The number of aliphatic hydroxyl groups excluding tert-OH is 2. The van der Waals surface area contributed by atoms with Gasteiger partial charge in [-0.2, -0.15) is 0 Å². The molecule has 7 amide bonds. The highest BCUT2D eigenvalue weighted by atomic mass is 16.6. The summed E-state index contributed by atoms with van der Waals surface area (Å²) in [6.07, 6.45) is -5.36. The van der Waals surface area contributed by atoms with Gasteiger partial charge in [-0.05, 0) is 101 Å². The van der Waals surface area contributed by atoms with Crippen LogP contribution in [-0.2, 0) is 63.8 Å². The van der Waals surface area contributed by atoms with Gasteiger partial charge in [0.1, 0.15) is 54.2 Å². The van der Waals surface area contributed by atoms with Crippen LogP contribution in [0.1, 0.15) is 127 Å². The highest BCUT2D eigenvalue weighted by molar-refractivity contribution is 6.05. The minimum atomic E-state index is -1.76. The van der Waals surface area contributed by atoms with Crippen molar-refractivity contribution in [1.29, 1.82) is 0 Å². The van der Waals surface area contributed by atoms with Crippen LogP contribution in [-0.4, -0.2) is 190 Å². The summed E-state index contributed by atoms with van der Waals surface area (Å²) in [7, 11) is 4.28. The highest BCUT2D eigenvalue weighted by Crippen LogP contribution is 2.27. The largest absolute Gasteiger partial charge is 0.497 e. The minimum Gasteiger partial charge on any atom is -0.497 e. The average molecular weight is 1100 g/mol. The molecule has 2 unspecified atom stereocenters. The molecule has 3 heterocycles. The van der Waals surface area contributed by atoms with Gasteiger partial charge in [-0.3, -0.25) is 43.2 Å². The normalized spacial score (nSPS) is 27.5. The van der Waals surface area contributed by atoms with Crippen LogP contribution in [0.15, 0.2) is 24.3 Å². The molecule has 3 aliphatic rings. The number of carbonyl (C=O) groups is 10. The molecule has 5 N–H and O–H groups in total. The Morgan fingerprint density at radius 3 is 2.03 bits per heavy atom. The Morgan fingerprint density at radius 2 is 1.46 bits per heavy atom. The standard InChI is InChI=1S/C56H87N7O15/c1-29(2)25-38-53(72)63-24-16-18-40(63)55(74)61(13)42(27-36-19-21-37(76-14)22-20-36)56(75)77-35(11)46(59-50(69)41(26-30(3)4)60(12)54(73)39-17-15-23-62(39)52(71)34(10)64)51(70)58-45(31(5)6)43(65)28-44(66)78-48(32(7)8)47(67)33(9)49(68)57-38/h19-22,29-35,38-43,45-46,48,64-65H,15-18,23-28H2,1-14H3,(H,57,68)(H,58,70)(H,59,69)/t33-,34-,35+,38-,39?,40?,41+,42-,43-,45+,46-,48-/m0/s1. The first-order valence-corrected chi connectivity index (χ1v) is 27.5. The van der Waals surface area contributed by atoms with E-state index in [1.54, 1.807) is 52.0 Å². The molecule has 3 saturated heterocycles. The Morgan fingerprint density at radius 1 is 0.833 bits per heavy atom. The number of nitrogens with one attached hydrogen (secondary N) is 3. The van der Waals surface area contributed by atoms with Gasteiger partial charge in [0.15, 0.2) is 11.9 Å². The Labute approximate surface area is 459 Å². The maximum absolute atomic E-state index is 14.9. The molecule has 78 heavy (non-hydrogen) atoms. The second-order valence-corrected chi connectivity index (χ2v) is 22.8. The molecule has 436 valence electrons. The van der Waals surface area contributed by atoms with Crippen LogP contribution in [0.2, 0.25) is 0 Å². The lowest BCUT2D eigenvalue weighted by Crippen LogP contribution is -2.62. The summed E-state index contributed by atoms with van der Waals surface area (Å²) in [4.78, 5) is 148. The number of carbonyl (C=O) groups excluding carboxylic acids is 10. The molecule has 22 heteroatoms. The number of hydrogen-bond acceptors (Lipinski definition) is 15. The number of fused-ring (bicyclic) bond motifs is 1. The molecule has 0 aromatic heterocycles. The van der Waals surface area contributed by atoms with E-state index in [0.29, 0.717) is 24.2 Å². The van der Waals surface area contributed by atoms with E-state index in [9.17, 15) is 58.2 Å². The Kier molecular flexibility index (Phi) is 23.6. The number of cyclic esters (lactones) is 2. The Hall–Kier alpha value is -6.16. The third kappa shape index (κ3) is 16.5. The zero-order valence-electron chi connectivity index (χ0n) is 48.1. The molecule has 12 atom stereocenters. The van der Waals surface area contributed by atoms with E-state index in [4.69, 9.17) is 14.2 Å². The molecule has 1 aromatic carbocycles. The minimum absolute atomic E-state index is 0.0711. The van der Waals surface area contributed by atoms with Crippen molar-refractivity contribution in [2.75, 3.05) is 34.3 Å². The second kappa shape index (κ2) is 28.6. The van der Waals surface area contributed by atoms with Gasteiger partial charge in [-0.25, -0.2) is 4.79 Å². The topological polar surface area (TPSA) is 288 Å². The molecule has 22 nitrogen and oxygen atoms in total. The fourth-order valence-corrected chi connectivity index (χ4v) is 10.4. The molecule has 1 aromatic rings. The fraction of sp³-hybridized carbons (Fsp3) is 0.714. The first kappa shape index (κ1) is 64.4. The van der Waals surface area contributed by atoms with Crippen LogP contribution in [0.25, 0.3) is 0 Å². The van der Waals surface area contributed by atoms with Gasteiger partial charge in [-0.15, -0.1) is 0 Å². The van der Waals surface area contributed by atoms with Gasteiger partial charge < -0.3 is 60.0 Å². The lowest BCUT2D eigenvalue weighted by atomic mass is 9.92. The molecule has 3 aliphatic heterocycles. The predicted octanol–water partition coefficient (Wildman–Crippen LogP) is 1.93. The van der Waals surface area contributed by atoms with Crippen LogP contribution in [0.3, 0.4) is 0 Å². The number of rotatable bonds is 14. The number of esters is 2. The quantitative estimate of drug-likeness (QED) is 0.131. The summed E-state index contributed by atoms with van der Waals surface area (Å²) in [5, 5.41) is 30.0. The molecule has 0 radical (unpaired) electrons. The SMILES string of the molecule is COc1ccc(C[C@H]2C(=O)O[C@H](C)[C@H](NC(=O)[C@@H](CC(C)C)N(C)C(=O)C3CCCN3C(=O)[C@H](C)O)C(=O)N[C@H](C(C)C)[C@@H](O)CC(=O)O[C@@H](C(C)C)C(=O)[C@H](C)C(=O)N[C@@H](CC(C)C)C(=O)N3CCCC3C(=O)N2C)cc1. The van der Waals surface area contributed by atoms with Gasteiger partial charge in [-0.1, -0.05) is 67.5 Å². The van der Waals surface area contributed by atoms with Crippen LogP contribution < -0.4 is 20.7 Å². The van der Waals surface area contributed by atoms with E-state index in [1.807, 2.05) is 27.7 Å². The summed E-state index contributed by atoms with van der Waals surface area (Å²) in [5.41, 5.74) is 0.569. The predicted molar refractivity (Wildman–Crippen MR) is 286 cm³/mol. The van der Waals surface area contributed by atoms with E-state index >= 15 is 0 Å². The summed E-state index contributed by atoms with van der Waals surface area (Å²) in [6.45, 7) is 18.2. The monoisotopic (exact) mass is 1100 g/mol. The van der Waals surface area contributed by atoms with E-state index in [1.165, 1.54) is 61.6 Å². The second-order valence-electron chi connectivity index (χ2n) is 22.8.